The van der Waals surface area contributed by atoms with Crippen molar-refractivity contribution in [3.8, 4) is 5.75 Å². The Morgan fingerprint density at radius 1 is 1.33 bits per heavy atom. The van der Waals surface area contributed by atoms with Crippen LogP contribution in [0.15, 0.2) is 46.9 Å². The molecule has 2 aromatic rings. The normalized spacial score (nSPS) is 10.8. The number of furan rings is 1. The molecule has 0 saturated heterocycles. The molecule has 0 atom stereocenters. The van der Waals surface area contributed by atoms with Crippen LogP contribution in [0.2, 0.25) is 0 Å². The molecule has 21 heavy (non-hydrogen) atoms. The van der Waals surface area contributed by atoms with Crippen molar-refractivity contribution in [2.45, 2.75) is 6.92 Å². The lowest BCUT2D eigenvalue weighted by Gasteiger charge is -2.08. The van der Waals surface area contributed by atoms with Gasteiger partial charge in [-0.3, -0.25) is 4.79 Å². The number of aryl methyl sites for hydroxylation is 1. The van der Waals surface area contributed by atoms with Crippen molar-refractivity contribution in [2.24, 2.45) is 0 Å². The van der Waals surface area contributed by atoms with Gasteiger partial charge in [-0.25, -0.2) is 0 Å². The Kier molecular flexibility index (Phi) is 5.86. The van der Waals surface area contributed by atoms with Crippen LogP contribution >= 0.6 is 22.6 Å². The lowest BCUT2D eigenvalue weighted by atomic mass is 10.2. The van der Waals surface area contributed by atoms with Gasteiger partial charge in [0.05, 0.1) is 6.54 Å². The zero-order valence-electron chi connectivity index (χ0n) is 11.6. The Morgan fingerprint density at radius 3 is 2.86 bits per heavy atom. The number of amides is 1. The average molecular weight is 397 g/mol. The van der Waals surface area contributed by atoms with Crippen molar-refractivity contribution in [2.75, 3.05) is 13.2 Å². The van der Waals surface area contributed by atoms with E-state index in [4.69, 9.17) is 9.15 Å². The maximum absolute atomic E-state index is 11.6. The first-order chi connectivity index (χ1) is 10.1. The van der Waals surface area contributed by atoms with Crippen LogP contribution < -0.4 is 10.1 Å². The van der Waals surface area contributed by atoms with Crippen LogP contribution in [0.3, 0.4) is 0 Å². The van der Waals surface area contributed by atoms with Gasteiger partial charge in [0.25, 0.3) is 0 Å². The van der Waals surface area contributed by atoms with Gasteiger partial charge >= 0.3 is 0 Å². The fourth-order valence-corrected chi connectivity index (χ4v) is 2.12. The highest BCUT2D eigenvalue weighted by Gasteiger charge is 1.99. The zero-order valence-corrected chi connectivity index (χ0v) is 13.8. The first-order valence-electron chi connectivity index (χ1n) is 6.55. The maximum Gasteiger partial charge on any atom is 0.244 e. The van der Waals surface area contributed by atoms with Crippen LogP contribution in [0.5, 0.6) is 5.75 Å². The molecule has 0 aliphatic rings. The molecule has 110 valence electrons. The van der Waals surface area contributed by atoms with E-state index < -0.39 is 0 Å². The van der Waals surface area contributed by atoms with Gasteiger partial charge in [-0.15, -0.1) is 0 Å². The van der Waals surface area contributed by atoms with Gasteiger partial charge in [0.15, 0.2) is 3.77 Å². The smallest absolute Gasteiger partial charge is 0.244 e. The molecule has 0 aliphatic heterocycles. The molecule has 0 spiro atoms. The van der Waals surface area contributed by atoms with Crippen molar-refractivity contribution in [1.82, 2.24) is 5.32 Å². The van der Waals surface area contributed by atoms with Gasteiger partial charge < -0.3 is 14.5 Å². The van der Waals surface area contributed by atoms with E-state index >= 15 is 0 Å². The molecule has 1 heterocycles. The zero-order chi connectivity index (χ0) is 15.1. The molecule has 0 saturated carbocycles. The summed E-state index contributed by atoms with van der Waals surface area (Å²) in [6, 6.07) is 11.4. The Balaban J connectivity index is 1.70. The summed E-state index contributed by atoms with van der Waals surface area (Å²) in [5, 5.41) is 2.76. The first-order valence-corrected chi connectivity index (χ1v) is 7.63. The van der Waals surface area contributed by atoms with E-state index in [2.05, 4.69) is 27.9 Å². The van der Waals surface area contributed by atoms with E-state index in [9.17, 15) is 4.79 Å². The number of para-hydroxylation sites is 1. The lowest BCUT2D eigenvalue weighted by Crippen LogP contribution is -2.26. The van der Waals surface area contributed by atoms with Crippen molar-refractivity contribution in [3.05, 3.63) is 57.6 Å². The fraction of sp³-hybridized carbons (Fsp3) is 0.188. The minimum absolute atomic E-state index is 0.171. The summed E-state index contributed by atoms with van der Waals surface area (Å²) in [5.74, 6) is 1.33. The Morgan fingerprint density at radius 2 is 2.14 bits per heavy atom. The van der Waals surface area contributed by atoms with Crippen LogP contribution in [0, 0.1) is 10.7 Å². The number of nitrogens with one attached hydrogen (secondary N) is 1. The van der Waals surface area contributed by atoms with Crippen molar-refractivity contribution < 1.29 is 13.9 Å². The fourth-order valence-electron chi connectivity index (χ4n) is 1.69. The van der Waals surface area contributed by atoms with Gasteiger partial charge in [-0.1, -0.05) is 18.2 Å². The molecule has 2 rings (SSSR count). The van der Waals surface area contributed by atoms with Crippen molar-refractivity contribution in [1.29, 1.82) is 0 Å². The van der Waals surface area contributed by atoms with Crippen molar-refractivity contribution in [3.63, 3.8) is 0 Å². The number of carbonyl (C=O) groups is 1. The van der Waals surface area contributed by atoms with E-state index in [0.717, 1.165) is 15.1 Å². The topological polar surface area (TPSA) is 51.5 Å². The molecule has 0 aliphatic carbocycles. The third kappa shape index (κ3) is 5.26. The highest BCUT2D eigenvalue weighted by Crippen LogP contribution is 2.15. The number of halogens is 1. The summed E-state index contributed by atoms with van der Waals surface area (Å²) >= 11 is 2.08. The second-order valence-corrected chi connectivity index (χ2v) is 5.44. The highest BCUT2D eigenvalue weighted by molar-refractivity contribution is 14.1. The molecule has 1 N–H and O–H groups in total. The van der Waals surface area contributed by atoms with Crippen LogP contribution in [0.4, 0.5) is 0 Å². The predicted octanol–water partition coefficient (Wildman–Crippen LogP) is 3.40. The van der Waals surface area contributed by atoms with E-state index in [1.54, 1.807) is 6.08 Å². The number of benzene rings is 1. The Labute approximate surface area is 137 Å². The summed E-state index contributed by atoms with van der Waals surface area (Å²) in [4.78, 5) is 11.6. The molecule has 5 heteroatoms. The SMILES string of the molecule is Cc1ccccc1OCCNC(=O)C=Cc1ccc(I)o1. The van der Waals surface area contributed by atoms with Gasteiger partial charge in [-0.05, 0) is 59.4 Å². The second kappa shape index (κ2) is 7.87. The van der Waals surface area contributed by atoms with E-state index in [-0.39, 0.29) is 5.91 Å². The molecule has 1 amide bonds. The second-order valence-electron chi connectivity index (χ2n) is 4.38. The largest absolute Gasteiger partial charge is 0.491 e. The summed E-state index contributed by atoms with van der Waals surface area (Å²) in [5.41, 5.74) is 1.08. The standard InChI is InChI=1S/C16H16INO3/c1-12-4-2-3-5-14(12)20-11-10-18-16(19)9-7-13-6-8-15(17)21-13/h2-9H,10-11H2,1H3,(H,18,19). The van der Waals surface area contributed by atoms with Crippen LogP contribution in [0.1, 0.15) is 11.3 Å². The Bertz CT molecular complexity index is 634. The summed E-state index contributed by atoms with van der Waals surface area (Å²) in [6.07, 6.45) is 3.09. The summed E-state index contributed by atoms with van der Waals surface area (Å²) < 4.78 is 11.7. The van der Waals surface area contributed by atoms with Gasteiger partial charge in [0, 0.05) is 6.08 Å². The van der Waals surface area contributed by atoms with E-state index in [1.807, 2.05) is 43.3 Å². The molecule has 0 fully saturated rings. The van der Waals surface area contributed by atoms with E-state index in [0.29, 0.717) is 18.9 Å². The average Bonchev–Trinajstić information content (AvgIpc) is 2.89. The van der Waals surface area contributed by atoms with Crippen LogP contribution in [-0.4, -0.2) is 19.1 Å². The number of rotatable bonds is 6. The molecule has 0 bridgehead atoms. The molecular formula is C16H16INO3. The summed E-state index contributed by atoms with van der Waals surface area (Å²) in [6.45, 7) is 2.87. The molecule has 0 radical (unpaired) electrons. The van der Waals surface area contributed by atoms with Crippen LogP contribution in [0.25, 0.3) is 6.08 Å². The first kappa shape index (κ1) is 15.6. The monoisotopic (exact) mass is 397 g/mol. The summed E-state index contributed by atoms with van der Waals surface area (Å²) in [7, 11) is 0. The number of hydrogen-bond donors (Lipinski definition) is 1. The molecule has 1 aromatic carbocycles. The molecule has 1 aromatic heterocycles. The van der Waals surface area contributed by atoms with Gasteiger partial charge in [0.1, 0.15) is 18.1 Å². The van der Waals surface area contributed by atoms with Crippen molar-refractivity contribution >= 4 is 34.6 Å². The van der Waals surface area contributed by atoms with Crippen LogP contribution in [-0.2, 0) is 4.79 Å². The molecule has 4 nitrogen and oxygen atoms in total. The maximum atomic E-state index is 11.6. The molecule has 0 unspecified atom stereocenters. The number of ether oxygens (including phenoxy) is 1. The minimum Gasteiger partial charge on any atom is -0.491 e. The lowest BCUT2D eigenvalue weighted by molar-refractivity contribution is -0.116. The Hall–Kier alpha value is -1.76. The van der Waals surface area contributed by atoms with E-state index in [1.165, 1.54) is 6.08 Å². The van der Waals surface area contributed by atoms with Gasteiger partial charge in [-0.2, -0.15) is 0 Å². The predicted molar refractivity (Wildman–Crippen MR) is 90.1 cm³/mol. The number of carbonyl (C=O) groups excluding carboxylic acids is 1. The minimum atomic E-state index is -0.171. The highest BCUT2D eigenvalue weighted by atomic mass is 127. The number of hydrogen-bond acceptors (Lipinski definition) is 3. The quantitative estimate of drug-likeness (QED) is 0.462. The third-order valence-electron chi connectivity index (χ3n) is 2.75. The third-order valence-corrected chi connectivity index (χ3v) is 3.33. The van der Waals surface area contributed by atoms with Gasteiger partial charge in [0.2, 0.25) is 5.91 Å². The molecular weight excluding hydrogens is 381 g/mol.